The Morgan fingerprint density at radius 3 is 2.52 bits per heavy atom. The number of nitrogens with one attached hydrogen (secondary N) is 1. The van der Waals surface area contributed by atoms with E-state index in [1.807, 2.05) is 30.3 Å². The highest BCUT2D eigenvalue weighted by Crippen LogP contribution is 2.30. The van der Waals surface area contributed by atoms with Gasteiger partial charge in [-0.3, -0.25) is 4.79 Å². The summed E-state index contributed by atoms with van der Waals surface area (Å²) >= 11 is 0. The number of carboxylic acids is 1. The lowest BCUT2D eigenvalue weighted by Crippen LogP contribution is -2.48. The Hall–Kier alpha value is -3.61. The van der Waals surface area contributed by atoms with Crippen LogP contribution in [0.25, 0.3) is 0 Å². The second kappa shape index (κ2) is 6.77. The standard InChI is InChI=1S/C22H20N4O3/c27-21(26-12-19-18(23-13-24-19)9-20(26)22(28)29)14-6-3-7-17(8-14)25-10-15-4-1-2-5-16(15)11-25/h1-8,13,20H,9-12H2,(H,23,24)(H,28,29)/t20-/m0/s1. The van der Waals surface area contributed by atoms with Gasteiger partial charge in [-0.1, -0.05) is 30.3 Å². The number of anilines is 1. The number of aromatic amines is 1. The molecule has 29 heavy (non-hydrogen) atoms. The van der Waals surface area contributed by atoms with E-state index in [0.717, 1.165) is 24.5 Å². The first-order valence-corrected chi connectivity index (χ1v) is 9.57. The molecule has 0 spiro atoms. The molecule has 2 aliphatic rings. The lowest BCUT2D eigenvalue weighted by molar-refractivity contribution is -0.142. The molecule has 1 amide bonds. The number of fused-ring (bicyclic) bond motifs is 2. The predicted octanol–water partition coefficient (Wildman–Crippen LogP) is 2.58. The minimum absolute atomic E-state index is 0.209. The van der Waals surface area contributed by atoms with Gasteiger partial charge < -0.3 is 19.9 Å². The average molecular weight is 388 g/mol. The van der Waals surface area contributed by atoms with Gasteiger partial charge in [-0.25, -0.2) is 9.78 Å². The zero-order valence-electron chi connectivity index (χ0n) is 15.7. The lowest BCUT2D eigenvalue weighted by Gasteiger charge is -2.32. The topological polar surface area (TPSA) is 89.5 Å². The maximum Gasteiger partial charge on any atom is 0.326 e. The molecule has 146 valence electrons. The van der Waals surface area contributed by atoms with Crippen LogP contribution in [0.4, 0.5) is 5.69 Å². The lowest BCUT2D eigenvalue weighted by atomic mass is 10.0. The van der Waals surface area contributed by atoms with E-state index in [-0.39, 0.29) is 18.9 Å². The van der Waals surface area contributed by atoms with Crippen LogP contribution >= 0.6 is 0 Å². The summed E-state index contributed by atoms with van der Waals surface area (Å²) in [6.45, 7) is 1.81. The number of hydrogen-bond donors (Lipinski definition) is 2. The van der Waals surface area contributed by atoms with Crippen molar-refractivity contribution in [3.05, 3.63) is 82.9 Å². The van der Waals surface area contributed by atoms with E-state index in [4.69, 9.17) is 0 Å². The third kappa shape index (κ3) is 3.04. The van der Waals surface area contributed by atoms with E-state index in [1.165, 1.54) is 16.0 Å². The molecule has 7 nitrogen and oxygen atoms in total. The number of imidazole rings is 1. The molecule has 0 saturated heterocycles. The molecule has 7 heteroatoms. The van der Waals surface area contributed by atoms with Gasteiger partial charge in [0, 0.05) is 30.8 Å². The Kier molecular flexibility index (Phi) is 4.08. The second-order valence-electron chi connectivity index (χ2n) is 7.49. The van der Waals surface area contributed by atoms with Gasteiger partial charge in [0.25, 0.3) is 5.91 Å². The number of aliphatic carboxylic acids is 1. The number of aromatic nitrogens is 2. The van der Waals surface area contributed by atoms with Crippen molar-refractivity contribution in [2.75, 3.05) is 4.90 Å². The number of H-pyrrole nitrogens is 1. The van der Waals surface area contributed by atoms with Crippen LogP contribution in [0.3, 0.4) is 0 Å². The van der Waals surface area contributed by atoms with Gasteiger partial charge in [-0.15, -0.1) is 0 Å². The largest absolute Gasteiger partial charge is 0.480 e. The van der Waals surface area contributed by atoms with Crippen LogP contribution in [0.5, 0.6) is 0 Å². The zero-order chi connectivity index (χ0) is 20.0. The second-order valence-corrected chi connectivity index (χ2v) is 7.49. The highest BCUT2D eigenvalue weighted by molar-refractivity contribution is 5.97. The molecule has 0 saturated carbocycles. The van der Waals surface area contributed by atoms with E-state index < -0.39 is 12.0 Å². The summed E-state index contributed by atoms with van der Waals surface area (Å²) in [5.74, 6) is -1.30. The van der Waals surface area contributed by atoms with Crippen molar-refractivity contribution in [3.63, 3.8) is 0 Å². The number of hydrogen-bond acceptors (Lipinski definition) is 4. The summed E-state index contributed by atoms with van der Waals surface area (Å²) in [6.07, 6.45) is 1.75. The summed E-state index contributed by atoms with van der Waals surface area (Å²) < 4.78 is 0. The maximum atomic E-state index is 13.2. The van der Waals surface area contributed by atoms with Gasteiger partial charge in [0.15, 0.2) is 0 Å². The molecule has 0 fully saturated rings. The molecule has 1 aromatic heterocycles. The Morgan fingerprint density at radius 1 is 1.03 bits per heavy atom. The van der Waals surface area contributed by atoms with E-state index in [0.29, 0.717) is 11.3 Å². The fourth-order valence-corrected chi connectivity index (χ4v) is 4.19. The highest BCUT2D eigenvalue weighted by atomic mass is 16.4. The Morgan fingerprint density at radius 2 is 1.79 bits per heavy atom. The summed E-state index contributed by atoms with van der Waals surface area (Å²) in [5, 5.41) is 9.65. The van der Waals surface area contributed by atoms with Crippen molar-refractivity contribution < 1.29 is 14.7 Å². The average Bonchev–Trinajstić information content (AvgIpc) is 3.38. The molecule has 0 aliphatic carbocycles. The van der Waals surface area contributed by atoms with E-state index >= 15 is 0 Å². The Labute approximate surface area is 167 Å². The fourth-order valence-electron chi connectivity index (χ4n) is 4.19. The highest BCUT2D eigenvalue weighted by Gasteiger charge is 2.36. The normalized spacial score (nSPS) is 17.7. The molecule has 5 rings (SSSR count). The number of carbonyl (C=O) groups excluding carboxylic acids is 1. The first kappa shape index (κ1) is 17.5. The van der Waals surface area contributed by atoms with Gasteiger partial charge in [-0.2, -0.15) is 0 Å². The maximum absolute atomic E-state index is 13.2. The number of rotatable bonds is 3. The molecule has 3 aromatic rings. The van der Waals surface area contributed by atoms with Crippen LogP contribution in [0, 0.1) is 0 Å². The first-order valence-electron chi connectivity index (χ1n) is 9.57. The van der Waals surface area contributed by atoms with Crippen LogP contribution in [0.15, 0.2) is 54.9 Å². The molecule has 3 heterocycles. The molecule has 0 bridgehead atoms. The minimum Gasteiger partial charge on any atom is -0.480 e. The molecule has 2 aromatic carbocycles. The summed E-state index contributed by atoms with van der Waals surface area (Å²) in [7, 11) is 0. The van der Waals surface area contributed by atoms with Crippen molar-refractivity contribution in [2.45, 2.75) is 32.1 Å². The van der Waals surface area contributed by atoms with Crippen molar-refractivity contribution in [3.8, 4) is 0 Å². The molecular weight excluding hydrogens is 368 g/mol. The molecule has 0 radical (unpaired) electrons. The zero-order valence-corrected chi connectivity index (χ0v) is 15.7. The minimum atomic E-state index is -1.02. The number of nitrogens with zero attached hydrogens (tertiary/aromatic N) is 3. The number of carbonyl (C=O) groups is 2. The summed E-state index contributed by atoms with van der Waals surface area (Å²) in [6, 6.07) is 14.8. The van der Waals surface area contributed by atoms with Crippen LogP contribution in [-0.2, 0) is 30.8 Å². The van der Waals surface area contributed by atoms with Crippen molar-refractivity contribution in [1.29, 1.82) is 0 Å². The molecule has 0 unspecified atom stereocenters. The van der Waals surface area contributed by atoms with Crippen LogP contribution < -0.4 is 4.90 Å². The van der Waals surface area contributed by atoms with Crippen molar-refractivity contribution >= 4 is 17.6 Å². The van der Waals surface area contributed by atoms with Crippen molar-refractivity contribution in [2.24, 2.45) is 0 Å². The van der Waals surface area contributed by atoms with E-state index in [2.05, 4.69) is 27.0 Å². The third-order valence-electron chi connectivity index (χ3n) is 5.74. The van der Waals surface area contributed by atoms with Gasteiger partial charge >= 0.3 is 5.97 Å². The Balaban J connectivity index is 1.42. The van der Waals surface area contributed by atoms with Crippen LogP contribution in [0.1, 0.15) is 32.9 Å². The van der Waals surface area contributed by atoms with Gasteiger partial charge in [0.2, 0.25) is 0 Å². The molecule has 1 atom stereocenters. The number of carboxylic acid groups (broad SMARTS) is 1. The molecular formula is C22H20N4O3. The molecule has 2 N–H and O–H groups in total. The van der Waals surface area contributed by atoms with Gasteiger partial charge in [-0.05, 0) is 29.3 Å². The first-order chi connectivity index (χ1) is 14.1. The molecule has 2 aliphatic heterocycles. The predicted molar refractivity (Wildman–Crippen MR) is 106 cm³/mol. The van der Waals surface area contributed by atoms with Crippen LogP contribution in [0.2, 0.25) is 0 Å². The van der Waals surface area contributed by atoms with E-state index in [1.54, 1.807) is 12.4 Å². The fraction of sp³-hybridized carbons (Fsp3) is 0.227. The van der Waals surface area contributed by atoms with Gasteiger partial charge in [0.05, 0.1) is 24.3 Å². The summed E-state index contributed by atoms with van der Waals surface area (Å²) in [4.78, 5) is 35.9. The monoisotopic (exact) mass is 388 g/mol. The quantitative estimate of drug-likeness (QED) is 0.720. The summed E-state index contributed by atoms with van der Waals surface area (Å²) in [5.41, 5.74) is 5.54. The smallest absolute Gasteiger partial charge is 0.326 e. The SMILES string of the molecule is O=C(O)[C@@H]1Cc2nc[nH]c2CN1C(=O)c1cccc(N2Cc3ccccc3C2)c1. The van der Waals surface area contributed by atoms with Crippen molar-refractivity contribution in [1.82, 2.24) is 14.9 Å². The third-order valence-corrected chi connectivity index (χ3v) is 5.74. The Bertz CT molecular complexity index is 1080. The number of benzene rings is 2. The number of amides is 1. The van der Waals surface area contributed by atoms with E-state index in [9.17, 15) is 14.7 Å². The van der Waals surface area contributed by atoms with Crippen LogP contribution in [-0.4, -0.2) is 37.9 Å². The van der Waals surface area contributed by atoms with Gasteiger partial charge in [0.1, 0.15) is 6.04 Å².